The van der Waals surface area contributed by atoms with E-state index in [1.54, 1.807) is 12.4 Å². The summed E-state index contributed by atoms with van der Waals surface area (Å²) in [4.78, 5) is 18.5. The van der Waals surface area contributed by atoms with Crippen molar-refractivity contribution < 1.29 is 4.79 Å². The van der Waals surface area contributed by atoms with Crippen LogP contribution in [-0.4, -0.2) is 28.5 Å². The SMILES string of the molecule is C[C@H]1C[C@H](c2ccccc2)CN1C(=O)Nc1cncc(Br)c1Cl. The standard InChI is InChI=1S/C17H17BrClN3O/c1-11-7-13(12-5-3-2-4-6-12)10-22(11)17(23)21-15-9-20-8-14(18)16(15)19/h2-6,8-9,11,13H,7,10H2,1H3,(H,21,23)/t11-,13-/m0/s1. The molecule has 23 heavy (non-hydrogen) atoms. The van der Waals surface area contributed by atoms with Gasteiger partial charge in [-0.25, -0.2) is 4.79 Å². The molecule has 0 spiro atoms. The van der Waals surface area contributed by atoms with Gasteiger partial charge in [0, 0.05) is 24.7 Å². The smallest absolute Gasteiger partial charge is 0.321 e. The number of rotatable bonds is 2. The van der Waals surface area contributed by atoms with E-state index in [2.05, 4.69) is 45.3 Å². The fourth-order valence-corrected chi connectivity index (χ4v) is 3.45. The van der Waals surface area contributed by atoms with Gasteiger partial charge in [0.05, 0.1) is 21.4 Å². The molecule has 1 fully saturated rings. The number of pyridine rings is 1. The molecule has 1 aliphatic rings. The summed E-state index contributed by atoms with van der Waals surface area (Å²) in [6.07, 6.45) is 4.12. The Morgan fingerprint density at radius 2 is 2.09 bits per heavy atom. The molecule has 2 aromatic rings. The molecule has 1 saturated heterocycles. The summed E-state index contributed by atoms with van der Waals surface area (Å²) in [5.41, 5.74) is 1.79. The summed E-state index contributed by atoms with van der Waals surface area (Å²) in [6.45, 7) is 2.78. The molecule has 4 nitrogen and oxygen atoms in total. The monoisotopic (exact) mass is 393 g/mol. The van der Waals surface area contributed by atoms with Gasteiger partial charge in [-0.3, -0.25) is 4.98 Å². The van der Waals surface area contributed by atoms with Gasteiger partial charge < -0.3 is 10.2 Å². The third kappa shape index (κ3) is 3.51. The lowest BCUT2D eigenvalue weighted by Crippen LogP contribution is -2.37. The summed E-state index contributed by atoms with van der Waals surface area (Å²) in [5.74, 6) is 0.369. The van der Waals surface area contributed by atoms with Crippen LogP contribution in [0.1, 0.15) is 24.8 Å². The van der Waals surface area contributed by atoms with Crippen molar-refractivity contribution in [1.29, 1.82) is 0 Å². The third-order valence-electron chi connectivity index (χ3n) is 4.19. The van der Waals surface area contributed by atoms with Gasteiger partial charge in [0.2, 0.25) is 0 Å². The third-order valence-corrected chi connectivity index (χ3v) is 5.42. The molecule has 0 bridgehead atoms. The van der Waals surface area contributed by atoms with Gasteiger partial charge in [-0.15, -0.1) is 0 Å². The molecular formula is C17H17BrClN3O. The molecule has 0 unspecified atom stereocenters. The molecule has 6 heteroatoms. The highest BCUT2D eigenvalue weighted by Crippen LogP contribution is 2.33. The van der Waals surface area contributed by atoms with Crippen molar-refractivity contribution in [3.8, 4) is 0 Å². The number of carbonyl (C=O) groups is 1. The van der Waals surface area contributed by atoms with Gasteiger partial charge in [0.15, 0.2) is 0 Å². The van der Waals surface area contributed by atoms with E-state index in [0.717, 1.165) is 6.42 Å². The minimum Gasteiger partial charge on any atom is -0.321 e. The summed E-state index contributed by atoms with van der Waals surface area (Å²) < 4.78 is 0.661. The largest absolute Gasteiger partial charge is 0.322 e. The van der Waals surface area contributed by atoms with Gasteiger partial charge >= 0.3 is 6.03 Å². The van der Waals surface area contributed by atoms with E-state index in [0.29, 0.717) is 27.6 Å². The number of hydrogen-bond donors (Lipinski definition) is 1. The van der Waals surface area contributed by atoms with E-state index in [1.807, 2.05) is 23.1 Å². The zero-order valence-electron chi connectivity index (χ0n) is 12.7. The van der Waals surface area contributed by atoms with Crippen LogP contribution in [-0.2, 0) is 0 Å². The average Bonchev–Trinajstić information content (AvgIpc) is 2.95. The highest BCUT2D eigenvalue weighted by molar-refractivity contribution is 9.10. The van der Waals surface area contributed by atoms with Gasteiger partial charge in [0.25, 0.3) is 0 Å². The molecule has 120 valence electrons. The molecule has 2 amide bonds. The molecular weight excluding hydrogens is 378 g/mol. The van der Waals surface area contributed by atoms with Crippen LogP contribution in [0.2, 0.25) is 5.02 Å². The molecule has 1 aromatic heterocycles. The van der Waals surface area contributed by atoms with Crippen LogP contribution in [0.5, 0.6) is 0 Å². The second-order valence-electron chi connectivity index (χ2n) is 5.76. The Labute approximate surface area is 149 Å². The lowest BCUT2D eigenvalue weighted by molar-refractivity contribution is 0.209. The fraction of sp³-hybridized carbons (Fsp3) is 0.294. The minimum absolute atomic E-state index is 0.141. The van der Waals surface area contributed by atoms with Gasteiger partial charge in [-0.05, 0) is 34.8 Å². The maximum Gasteiger partial charge on any atom is 0.322 e. The van der Waals surface area contributed by atoms with Crippen LogP contribution in [0, 0.1) is 0 Å². The van der Waals surface area contributed by atoms with Crippen molar-refractivity contribution in [3.05, 3.63) is 57.8 Å². The number of hydrogen-bond acceptors (Lipinski definition) is 2. The molecule has 2 atom stereocenters. The van der Waals surface area contributed by atoms with Gasteiger partial charge in [0.1, 0.15) is 0 Å². The second kappa shape index (κ2) is 6.89. The lowest BCUT2D eigenvalue weighted by Gasteiger charge is -2.22. The Balaban J connectivity index is 1.72. The zero-order chi connectivity index (χ0) is 16.4. The van der Waals surface area contributed by atoms with E-state index in [4.69, 9.17) is 11.6 Å². The van der Waals surface area contributed by atoms with Crippen LogP contribution in [0.3, 0.4) is 0 Å². The van der Waals surface area contributed by atoms with Crippen molar-refractivity contribution in [1.82, 2.24) is 9.88 Å². The van der Waals surface area contributed by atoms with E-state index >= 15 is 0 Å². The van der Waals surface area contributed by atoms with Crippen LogP contribution in [0.15, 0.2) is 47.2 Å². The van der Waals surface area contributed by atoms with Crippen LogP contribution < -0.4 is 5.32 Å². The summed E-state index contributed by atoms with van der Waals surface area (Å²) in [6, 6.07) is 10.4. The number of amides is 2. The number of carbonyl (C=O) groups excluding carboxylic acids is 1. The fourth-order valence-electron chi connectivity index (χ4n) is 2.97. The van der Waals surface area contributed by atoms with Crippen molar-refractivity contribution >= 4 is 39.2 Å². The van der Waals surface area contributed by atoms with E-state index < -0.39 is 0 Å². The molecule has 1 N–H and O–H groups in total. The minimum atomic E-state index is -0.141. The zero-order valence-corrected chi connectivity index (χ0v) is 15.0. The van der Waals surface area contributed by atoms with Crippen LogP contribution in [0.25, 0.3) is 0 Å². The summed E-state index contributed by atoms with van der Waals surface area (Å²) in [5, 5.41) is 3.32. The topological polar surface area (TPSA) is 45.2 Å². The number of nitrogens with one attached hydrogen (secondary N) is 1. The quantitative estimate of drug-likeness (QED) is 0.787. The Morgan fingerprint density at radius 3 is 2.83 bits per heavy atom. The maximum absolute atomic E-state index is 12.6. The molecule has 0 saturated carbocycles. The summed E-state index contributed by atoms with van der Waals surface area (Å²) >= 11 is 9.50. The molecule has 0 aliphatic carbocycles. The number of aromatic nitrogens is 1. The first kappa shape index (κ1) is 16.3. The molecule has 3 rings (SSSR count). The van der Waals surface area contributed by atoms with Crippen molar-refractivity contribution in [2.45, 2.75) is 25.3 Å². The number of urea groups is 1. The van der Waals surface area contributed by atoms with Crippen molar-refractivity contribution in [2.24, 2.45) is 0 Å². The molecule has 1 aromatic carbocycles. The first-order valence-corrected chi connectivity index (χ1v) is 8.65. The summed E-state index contributed by atoms with van der Waals surface area (Å²) in [7, 11) is 0. The number of halogens is 2. The Bertz CT molecular complexity index is 710. The normalized spacial score (nSPS) is 20.6. The predicted octanol–water partition coefficient (Wildman–Crippen LogP) is 4.91. The first-order chi connectivity index (χ1) is 11.1. The lowest BCUT2D eigenvalue weighted by atomic mass is 9.97. The van der Waals surface area contributed by atoms with E-state index in [1.165, 1.54) is 5.56 Å². The molecule has 0 radical (unpaired) electrons. The van der Waals surface area contributed by atoms with Crippen LogP contribution >= 0.6 is 27.5 Å². The van der Waals surface area contributed by atoms with Crippen molar-refractivity contribution in [3.63, 3.8) is 0 Å². The number of anilines is 1. The van der Waals surface area contributed by atoms with Gasteiger partial charge in [-0.1, -0.05) is 41.9 Å². The highest BCUT2D eigenvalue weighted by atomic mass is 79.9. The second-order valence-corrected chi connectivity index (χ2v) is 6.99. The Hall–Kier alpha value is -1.59. The van der Waals surface area contributed by atoms with Crippen LogP contribution in [0.4, 0.5) is 10.5 Å². The average molecular weight is 395 g/mol. The number of benzene rings is 1. The van der Waals surface area contributed by atoms with Gasteiger partial charge in [-0.2, -0.15) is 0 Å². The Kier molecular flexibility index (Phi) is 4.87. The predicted molar refractivity (Wildman–Crippen MR) is 95.9 cm³/mol. The van der Waals surface area contributed by atoms with Crippen molar-refractivity contribution in [2.75, 3.05) is 11.9 Å². The van der Waals surface area contributed by atoms with E-state index in [-0.39, 0.29) is 12.1 Å². The number of nitrogens with zero attached hydrogens (tertiary/aromatic N) is 2. The highest BCUT2D eigenvalue weighted by Gasteiger charge is 2.33. The van der Waals surface area contributed by atoms with E-state index in [9.17, 15) is 4.79 Å². The maximum atomic E-state index is 12.6. The molecule has 1 aliphatic heterocycles. The number of likely N-dealkylation sites (tertiary alicyclic amines) is 1. The Morgan fingerprint density at radius 1 is 1.35 bits per heavy atom. The first-order valence-electron chi connectivity index (χ1n) is 7.48. The molecule has 2 heterocycles.